The summed E-state index contributed by atoms with van der Waals surface area (Å²) in [4.78, 5) is 11.5. The lowest BCUT2D eigenvalue weighted by Gasteiger charge is -2.11. The molecule has 0 N–H and O–H groups in total. The maximum absolute atomic E-state index is 11.5. The molecule has 18 heavy (non-hydrogen) atoms. The van der Waals surface area contributed by atoms with Crippen LogP contribution in [-0.4, -0.2) is 12.6 Å². The third-order valence-electron chi connectivity index (χ3n) is 2.51. The van der Waals surface area contributed by atoms with Crippen LogP contribution in [0.3, 0.4) is 0 Å². The van der Waals surface area contributed by atoms with Gasteiger partial charge in [0, 0.05) is 6.08 Å². The van der Waals surface area contributed by atoms with Gasteiger partial charge in [-0.3, -0.25) is 0 Å². The molecule has 0 spiro atoms. The number of esters is 1. The SMILES string of the molecule is CCOC(=O)/C=C(/c1cccc(C#N)c1)C(C)C. The minimum Gasteiger partial charge on any atom is -0.463 e. The molecule has 1 aromatic rings. The van der Waals surface area contributed by atoms with Gasteiger partial charge in [0.15, 0.2) is 0 Å². The van der Waals surface area contributed by atoms with E-state index in [1.807, 2.05) is 26.0 Å². The quantitative estimate of drug-likeness (QED) is 0.603. The fraction of sp³-hybridized carbons (Fsp3) is 0.333. The molecule has 0 amide bonds. The first-order valence-electron chi connectivity index (χ1n) is 5.97. The van der Waals surface area contributed by atoms with E-state index in [9.17, 15) is 4.79 Å². The number of hydrogen-bond acceptors (Lipinski definition) is 3. The fourth-order valence-electron chi connectivity index (χ4n) is 1.66. The van der Waals surface area contributed by atoms with Crippen molar-refractivity contribution >= 4 is 11.5 Å². The monoisotopic (exact) mass is 243 g/mol. The number of hydrogen-bond donors (Lipinski definition) is 0. The highest BCUT2D eigenvalue weighted by Crippen LogP contribution is 2.23. The van der Waals surface area contributed by atoms with Crippen LogP contribution in [0.5, 0.6) is 0 Å². The van der Waals surface area contributed by atoms with Crippen LogP contribution in [0.25, 0.3) is 5.57 Å². The Morgan fingerprint density at radius 1 is 1.50 bits per heavy atom. The number of ether oxygens (including phenoxy) is 1. The molecule has 0 saturated heterocycles. The number of allylic oxidation sites excluding steroid dienone is 1. The van der Waals surface area contributed by atoms with Crippen molar-refractivity contribution in [2.75, 3.05) is 6.61 Å². The van der Waals surface area contributed by atoms with Crippen LogP contribution < -0.4 is 0 Å². The van der Waals surface area contributed by atoms with Crippen molar-refractivity contribution in [2.45, 2.75) is 20.8 Å². The molecule has 0 unspecified atom stereocenters. The Hall–Kier alpha value is -2.08. The Labute approximate surface area is 108 Å². The van der Waals surface area contributed by atoms with Crippen molar-refractivity contribution in [3.05, 3.63) is 41.5 Å². The summed E-state index contributed by atoms with van der Waals surface area (Å²) in [7, 11) is 0. The van der Waals surface area contributed by atoms with Gasteiger partial charge in [0.2, 0.25) is 0 Å². The molecule has 1 aromatic carbocycles. The number of nitriles is 1. The number of nitrogens with zero attached hydrogens (tertiary/aromatic N) is 1. The van der Waals surface area contributed by atoms with Gasteiger partial charge < -0.3 is 4.74 Å². The molecule has 0 heterocycles. The van der Waals surface area contributed by atoms with Crippen molar-refractivity contribution in [3.8, 4) is 6.07 Å². The second-order valence-corrected chi connectivity index (χ2v) is 4.20. The fourth-order valence-corrected chi connectivity index (χ4v) is 1.66. The Kier molecular flexibility index (Phi) is 5.13. The molecule has 0 bridgehead atoms. The average Bonchev–Trinajstić information content (AvgIpc) is 2.36. The summed E-state index contributed by atoms with van der Waals surface area (Å²) in [6.07, 6.45) is 1.50. The number of benzene rings is 1. The van der Waals surface area contributed by atoms with E-state index < -0.39 is 0 Å². The smallest absolute Gasteiger partial charge is 0.331 e. The highest BCUT2D eigenvalue weighted by Gasteiger charge is 2.10. The average molecular weight is 243 g/mol. The lowest BCUT2D eigenvalue weighted by Crippen LogP contribution is -2.04. The molecule has 0 aliphatic heterocycles. The molecule has 3 nitrogen and oxygen atoms in total. The zero-order valence-electron chi connectivity index (χ0n) is 10.9. The second kappa shape index (κ2) is 6.61. The van der Waals surface area contributed by atoms with Crippen LogP contribution in [0, 0.1) is 17.2 Å². The first-order chi connectivity index (χ1) is 8.58. The van der Waals surface area contributed by atoms with Gasteiger partial charge in [0.05, 0.1) is 18.2 Å². The first kappa shape index (κ1) is 14.0. The van der Waals surface area contributed by atoms with E-state index in [0.717, 1.165) is 11.1 Å². The molecular weight excluding hydrogens is 226 g/mol. The molecule has 0 fully saturated rings. The van der Waals surface area contributed by atoms with Crippen molar-refractivity contribution in [2.24, 2.45) is 5.92 Å². The van der Waals surface area contributed by atoms with Crippen LogP contribution in [-0.2, 0) is 9.53 Å². The second-order valence-electron chi connectivity index (χ2n) is 4.20. The third-order valence-corrected chi connectivity index (χ3v) is 2.51. The molecule has 1 rings (SSSR count). The molecule has 0 saturated carbocycles. The topological polar surface area (TPSA) is 50.1 Å². The molecule has 94 valence electrons. The van der Waals surface area contributed by atoms with Gasteiger partial charge in [-0.25, -0.2) is 4.79 Å². The van der Waals surface area contributed by atoms with E-state index in [4.69, 9.17) is 10.00 Å². The lowest BCUT2D eigenvalue weighted by molar-refractivity contribution is -0.137. The van der Waals surface area contributed by atoms with Gasteiger partial charge in [-0.2, -0.15) is 5.26 Å². The van der Waals surface area contributed by atoms with Gasteiger partial charge in [-0.15, -0.1) is 0 Å². The van der Waals surface area contributed by atoms with Crippen LogP contribution >= 0.6 is 0 Å². The van der Waals surface area contributed by atoms with E-state index in [2.05, 4.69) is 6.07 Å². The first-order valence-corrected chi connectivity index (χ1v) is 5.97. The van der Waals surface area contributed by atoms with Gasteiger partial charge in [0.1, 0.15) is 0 Å². The maximum Gasteiger partial charge on any atom is 0.331 e. The van der Waals surface area contributed by atoms with Crippen LogP contribution in [0.2, 0.25) is 0 Å². The van der Waals surface area contributed by atoms with E-state index in [1.165, 1.54) is 6.08 Å². The van der Waals surface area contributed by atoms with Crippen molar-refractivity contribution in [3.63, 3.8) is 0 Å². The van der Waals surface area contributed by atoms with E-state index in [0.29, 0.717) is 12.2 Å². The van der Waals surface area contributed by atoms with Crippen molar-refractivity contribution in [1.29, 1.82) is 5.26 Å². The molecule has 0 atom stereocenters. The van der Waals surface area contributed by atoms with Crippen molar-refractivity contribution in [1.82, 2.24) is 0 Å². The highest BCUT2D eigenvalue weighted by molar-refractivity contribution is 5.91. The van der Waals surface area contributed by atoms with Gasteiger partial charge in [-0.05, 0) is 36.1 Å². The van der Waals surface area contributed by atoms with E-state index >= 15 is 0 Å². The molecule has 0 aliphatic rings. The van der Waals surface area contributed by atoms with Crippen LogP contribution in [0.15, 0.2) is 30.3 Å². The van der Waals surface area contributed by atoms with Gasteiger partial charge in [0.25, 0.3) is 0 Å². The minimum absolute atomic E-state index is 0.184. The highest BCUT2D eigenvalue weighted by atomic mass is 16.5. The van der Waals surface area contributed by atoms with E-state index in [-0.39, 0.29) is 11.9 Å². The Bertz CT molecular complexity index is 495. The predicted octanol–water partition coefficient (Wildman–Crippen LogP) is 3.16. The normalized spacial score (nSPS) is 11.2. The summed E-state index contributed by atoms with van der Waals surface area (Å²) in [5, 5.41) is 8.89. The maximum atomic E-state index is 11.5. The Morgan fingerprint density at radius 3 is 2.78 bits per heavy atom. The number of carbonyl (C=O) groups excluding carboxylic acids is 1. The number of carbonyl (C=O) groups is 1. The largest absolute Gasteiger partial charge is 0.463 e. The van der Waals surface area contributed by atoms with Crippen LogP contribution in [0.4, 0.5) is 0 Å². The lowest BCUT2D eigenvalue weighted by atomic mass is 9.94. The molecule has 0 aliphatic carbocycles. The van der Waals surface area contributed by atoms with E-state index in [1.54, 1.807) is 19.1 Å². The molecule has 3 heteroatoms. The Morgan fingerprint density at radius 2 is 2.22 bits per heavy atom. The van der Waals surface area contributed by atoms with Crippen molar-refractivity contribution < 1.29 is 9.53 Å². The Balaban J connectivity index is 3.12. The number of rotatable bonds is 4. The summed E-state index contributed by atoms with van der Waals surface area (Å²) in [6.45, 7) is 6.14. The summed E-state index contributed by atoms with van der Waals surface area (Å²) in [5.41, 5.74) is 2.35. The summed E-state index contributed by atoms with van der Waals surface area (Å²) < 4.78 is 4.92. The molecular formula is C15H17NO2. The standard InChI is InChI=1S/C15H17NO2/c1-4-18-15(17)9-14(11(2)3)13-7-5-6-12(8-13)10-16/h5-9,11H,4H2,1-3H3/b14-9+. The van der Waals surface area contributed by atoms with Crippen LogP contribution in [0.1, 0.15) is 31.9 Å². The summed E-state index contributed by atoms with van der Waals surface area (Å²) >= 11 is 0. The third kappa shape index (κ3) is 3.74. The zero-order valence-corrected chi connectivity index (χ0v) is 10.9. The summed E-state index contributed by atoms with van der Waals surface area (Å²) in [6, 6.07) is 9.33. The summed E-state index contributed by atoms with van der Waals surface area (Å²) in [5.74, 6) is -0.160. The molecule has 0 aromatic heterocycles. The zero-order chi connectivity index (χ0) is 13.5. The molecule has 0 radical (unpaired) electrons. The van der Waals surface area contributed by atoms with Gasteiger partial charge >= 0.3 is 5.97 Å². The predicted molar refractivity (Wildman–Crippen MR) is 70.6 cm³/mol. The minimum atomic E-state index is -0.344. The van der Waals surface area contributed by atoms with Gasteiger partial charge in [-0.1, -0.05) is 26.0 Å².